The van der Waals surface area contributed by atoms with Gasteiger partial charge in [0, 0.05) is 17.3 Å². The van der Waals surface area contributed by atoms with Crippen LogP contribution in [0.15, 0.2) is 71.9 Å². The summed E-state index contributed by atoms with van der Waals surface area (Å²) in [6.45, 7) is 3.02. The van der Waals surface area contributed by atoms with Gasteiger partial charge in [-0.3, -0.25) is 14.7 Å². The number of ether oxygens (including phenoxy) is 1. The molecule has 0 N–H and O–H groups in total. The van der Waals surface area contributed by atoms with Crippen LogP contribution in [-0.2, 0) is 17.8 Å². The summed E-state index contributed by atoms with van der Waals surface area (Å²) in [5.74, 6) is 0.823. The quantitative estimate of drug-likeness (QED) is 0.328. The summed E-state index contributed by atoms with van der Waals surface area (Å²) >= 11 is 3.19. The van der Waals surface area contributed by atoms with Crippen LogP contribution in [0.2, 0.25) is 0 Å². The molecule has 0 spiro atoms. The van der Waals surface area contributed by atoms with Crippen molar-refractivity contribution in [2.24, 2.45) is 0 Å². The summed E-state index contributed by atoms with van der Waals surface area (Å²) in [5, 5.41) is 0.686. The van der Waals surface area contributed by atoms with Gasteiger partial charge in [0.2, 0.25) is 5.91 Å². The highest BCUT2D eigenvalue weighted by Crippen LogP contribution is 2.32. The van der Waals surface area contributed by atoms with Crippen molar-refractivity contribution < 1.29 is 9.53 Å². The number of pyridine rings is 1. The summed E-state index contributed by atoms with van der Waals surface area (Å²) in [5.41, 5.74) is 2.86. The van der Waals surface area contributed by atoms with Crippen molar-refractivity contribution in [2.45, 2.75) is 24.8 Å². The lowest BCUT2D eigenvalue weighted by Gasteiger charge is -2.20. The number of nitrogens with zero attached hydrogens (tertiary/aromatic N) is 3. The van der Waals surface area contributed by atoms with E-state index in [1.165, 1.54) is 16.2 Å². The van der Waals surface area contributed by atoms with Crippen molar-refractivity contribution in [3.63, 3.8) is 0 Å². The number of aromatic nitrogens is 2. The minimum Gasteiger partial charge on any atom is -0.494 e. The van der Waals surface area contributed by atoms with Crippen LogP contribution in [-0.4, -0.2) is 28.7 Å². The van der Waals surface area contributed by atoms with Gasteiger partial charge in [0.25, 0.3) is 0 Å². The van der Waals surface area contributed by atoms with Crippen molar-refractivity contribution in [2.75, 3.05) is 17.8 Å². The van der Waals surface area contributed by atoms with Gasteiger partial charge >= 0.3 is 0 Å². The lowest BCUT2D eigenvalue weighted by atomic mass is 10.1. The van der Waals surface area contributed by atoms with Crippen LogP contribution in [0.5, 0.6) is 5.75 Å². The Morgan fingerprint density at radius 1 is 1.06 bits per heavy atom. The summed E-state index contributed by atoms with van der Waals surface area (Å²) < 4.78 is 6.61. The number of benzene rings is 2. The molecular weight excluding hydrogens is 426 g/mol. The van der Waals surface area contributed by atoms with Gasteiger partial charge in [-0.2, -0.15) is 0 Å². The van der Waals surface area contributed by atoms with Crippen molar-refractivity contribution >= 4 is 44.4 Å². The molecule has 0 fully saturated rings. The second-order valence-electron chi connectivity index (χ2n) is 6.92. The number of thiazole rings is 1. The number of carbonyl (C=O) groups excluding carboxylic acids is 1. The molecule has 31 heavy (non-hydrogen) atoms. The molecule has 5 nitrogen and oxygen atoms in total. The Hall–Kier alpha value is -2.90. The molecule has 4 aromatic rings. The maximum atomic E-state index is 13.4. The zero-order valence-corrected chi connectivity index (χ0v) is 19.1. The molecule has 2 aromatic carbocycles. The fourth-order valence-corrected chi connectivity index (χ4v) is 4.63. The third-order valence-corrected chi connectivity index (χ3v) is 6.58. The van der Waals surface area contributed by atoms with Gasteiger partial charge in [-0.15, -0.1) is 11.8 Å². The van der Waals surface area contributed by atoms with Crippen LogP contribution >= 0.6 is 23.1 Å². The van der Waals surface area contributed by atoms with Gasteiger partial charge < -0.3 is 4.74 Å². The smallest absolute Gasteiger partial charge is 0.233 e. The number of rotatable bonds is 8. The molecule has 0 aliphatic heterocycles. The van der Waals surface area contributed by atoms with Crippen LogP contribution in [0.4, 0.5) is 5.13 Å². The molecule has 7 heteroatoms. The molecule has 0 atom stereocenters. The van der Waals surface area contributed by atoms with E-state index in [2.05, 4.69) is 4.98 Å². The molecule has 0 radical (unpaired) electrons. The van der Waals surface area contributed by atoms with Gasteiger partial charge in [0.15, 0.2) is 5.13 Å². The molecule has 0 unspecified atom stereocenters. The molecule has 2 heterocycles. The number of carbonyl (C=O) groups is 1. The van der Waals surface area contributed by atoms with Crippen LogP contribution in [0.3, 0.4) is 0 Å². The standard InChI is InChI=1S/C24H23N3O2S2/c1-3-29-19-6-9-21-22(15-19)31-24(26-21)27(16-18-10-12-25-13-11-18)23(28)14-17-4-7-20(30-2)8-5-17/h4-13,15H,3,14,16H2,1-2H3. The first-order valence-electron chi connectivity index (χ1n) is 10.0. The molecule has 0 saturated heterocycles. The summed E-state index contributed by atoms with van der Waals surface area (Å²) in [6.07, 6.45) is 5.85. The lowest BCUT2D eigenvalue weighted by molar-refractivity contribution is -0.118. The molecule has 0 saturated carbocycles. The number of hydrogen-bond donors (Lipinski definition) is 0. The topological polar surface area (TPSA) is 55.3 Å². The fraction of sp³-hybridized carbons (Fsp3) is 0.208. The first kappa shape index (κ1) is 21.3. The van der Waals surface area contributed by atoms with Crippen LogP contribution in [0.25, 0.3) is 10.2 Å². The van der Waals surface area contributed by atoms with E-state index in [1.54, 1.807) is 29.1 Å². The second-order valence-corrected chi connectivity index (χ2v) is 8.81. The lowest BCUT2D eigenvalue weighted by Crippen LogP contribution is -2.31. The van der Waals surface area contributed by atoms with E-state index < -0.39 is 0 Å². The molecule has 0 aliphatic rings. The highest BCUT2D eigenvalue weighted by atomic mass is 32.2. The SMILES string of the molecule is CCOc1ccc2nc(N(Cc3ccncc3)C(=O)Cc3ccc(SC)cc3)sc2c1. The molecule has 2 aromatic heterocycles. The largest absolute Gasteiger partial charge is 0.494 e. The van der Waals surface area contributed by atoms with E-state index in [4.69, 9.17) is 9.72 Å². The number of anilines is 1. The molecule has 1 amide bonds. The summed E-state index contributed by atoms with van der Waals surface area (Å²) in [6, 6.07) is 17.8. The van der Waals surface area contributed by atoms with E-state index in [0.29, 0.717) is 24.7 Å². The monoisotopic (exact) mass is 449 g/mol. The minimum absolute atomic E-state index is 0.0119. The Morgan fingerprint density at radius 2 is 1.84 bits per heavy atom. The number of thioether (sulfide) groups is 1. The Bertz CT molecular complexity index is 1160. The molecule has 158 valence electrons. The van der Waals surface area contributed by atoms with Crippen LogP contribution < -0.4 is 9.64 Å². The summed E-state index contributed by atoms with van der Waals surface area (Å²) in [7, 11) is 0. The molecule has 0 aliphatic carbocycles. The van der Waals surface area contributed by atoms with Gasteiger partial charge in [0.05, 0.1) is 29.8 Å². The normalized spacial score (nSPS) is 10.9. The number of fused-ring (bicyclic) bond motifs is 1. The average Bonchev–Trinajstić information content (AvgIpc) is 3.22. The Labute approximate surface area is 190 Å². The molecular formula is C24H23N3O2S2. The zero-order valence-electron chi connectivity index (χ0n) is 17.4. The average molecular weight is 450 g/mol. The van der Waals surface area contributed by atoms with Crippen LogP contribution in [0, 0.1) is 0 Å². The van der Waals surface area contributed by atoms with E-state index in [-0.39, 0.29) is 5.91 Å². The predicted molar refractivity (Wildman–Crippen MR) is 128 cm³/mol. The third-order valence-electron chi connectivity index (χ3n) is 4.80. The Kier molecular flexibility index (Phi) is 6.84. The minimum atomic E-state index is 0.0119. The van der Waals surface area contributed by atoms with Gasteiger partial charge in [-0.1, -0.05) is 23.5 Å². The Morgan fingerprint density at radius 3 is 2.55 bits per heavy atom. The fourth-order valence-electron chi connectivity index (χ4n) is 3.21. The molecule has 4 rings (SSSR count). The van der Waals surface area contributed by atoms with Gasteiger partial charge in [-0.25, -0.2) is 4.98 Å². The van der Waals surface area contributed by atoms with E-state index in [9.17, 15) is 4.79 Å². The maximum absolute atomic E-state index is 13.4. The first-order chi connectivity index (χ1) is 15.2. The predicted octanol–water partition coefficient (Wildman–Crippen LogP) is 5.59. The number of amides is 1. The summed E-state index contributed by atoms with van der Waals surface area (Å²) in [4.78, 5) is 25.1. The molecule has 0 bridgehead atoms. The highest BCUT2D eigenvalue weighted by molar-refractivity contribution is 7.98. The van der Waals surface area contributed by atoms with Crippen LogP contribution in [0.1, 0.15) is 18.1 Å². The first-order valence-corrected chi connectivity index (χ1v) is 12.1. The highest BCUT2D eigenvalue weighted by Gasteiger charge is 2.21. The van der Waals surface area contributed by atoms with Crippen molar-refractivity contribution in [1.82, 2.24) is 9.97 Å². The van der Waals surface area contributed by atoms with E-state index in [0.717, 1.165) is 27.1 Å². The van der Waals surface area contributed by atoms with E-state index in [1.807, 2.05) is 67.8 Å². The van der Waals surface area contributed by atoms with E-state index >= 15 is 0 Å². The second kappa shape index (κ2) is 9.94. The third kappa shape index (κ3) is 5.24. The Balaban J connectivity index is 1.64. The van der Waals surface area contributed by atoms with Crippen molar-refractivity contribution in [3.05, 3.63) is 78.1 Å². The van der Waals surface area contributed by atoms with Crippen molar-refractivity contribution in [1.29, 1.82) is 0 Å². The van der Waals surface area contributed by atoms with Gasteiger partial charge in [-0.05, 0) is 66.8 Å². The maximum Gasteiger partial charge on any atom is 0.233 e. The van der Waals surface area contributed by atoms with Gasteiger partial charge in [0.1, 0.15) is 5.75 Å². The number of hydrogen-bond acceptors (Lipinski definition) is 6. The van der Waals surface area contributed by atoms with Crippen molar-refractivity contribution in [3.8, 4) is 5.75 Å². The zero-order chi connectivity index (χ0) is 21.6.